The van der Waals surface area contributed by atoms with Crippen molar-refractivity contribution < 1.29 is 0 Å². The molecule has 0 aliphatic rings. The fraction of sp³-hybridized carbons (Fsp3) is 0.154. The Balaban J connectivity index is 2.29. The van der Waals surface area contributed by atoms with Crippen molar-refractivity contribution in [1.82, 2.24) is 19.7 Å². The maximum atomic E-state index is 6.16. The zero-order chi connectivity index (χ0) is 12.7. The van der Waals surface area contributed by atoms with E-state index in [1.165, 1.54) is 0 Å². The number of aromatic nitrogens is 4. The Morgan fingerprint density at radius 3 is 2.61 bits per heavy atom. The van der Waals surface area contributed by atoms with E-state index in [-0.39, 0.29) is 0 Å². The minimum atomic E-state index is 0.368. The van der Waals surface area contributed by atoms with Crippen LogP contribution in [0.2, 0.25) is 5.15 Å². The predicted octanol–water partition coefficient (Wildman–Crippen LogP) is 3.09. The van der Waals surface area contributed by atoms with E-state index >= 15 is 0 Å². The third-order valence-corrected chi connectivity index (χ3v) is 3.18. The lowest BCUT2D eigenvalue weighted by molar-refractivity contribution is 0.848. The number of rotatable bonds is 1. The van der Waals surface area contributed by atoms with Crippen LogP contribution in [0.5, 0.6) is 0 Å². The van der Waals surface area contributed by atoms with Gasteiger partial charge in [-0.05, 0) is 19.9 Å². The average molecular weight is 259 g/mol. The van der Waals surface area contributed by atoms with Crippen molar-refractivity contribution in [1.29, 1.82) is 0 Å². The Morgan fingerprint density at radius 2 is 1.78 bits per heavy atom. The molecule has 5 heteroatoms. The summed E-state index contributed by atoms with van der Waals surface area (Å²) >= 11 is 6.16. The molecule has 0 radical (unpaired) electrons. The molecule has 0 aliphatic carbocycles. The van der Waals surface area contributed by atoms with E-state index in [0.29, 0.717) is 11.0 Å². The van der Waals surface area contributed by atoms with Crippen LogP contribution in [0.25, 0.3) is 16.7 Å². The zero-order valence-corrected chi connectivity index (χ0v) is 10.8. The number of hydrogen-bond acceptors (Lipinski definition) is 3. The van der Waals surface area contributed by atoms with Gasteiger partial charge in [0.15, 0.2) is 11.0 Å². The number of fused-ring (bicyclic) bond motifs is 1. The van der Waals surface area contributed by atoms with Crippen LogP contribution in [0.15, 0.2) is 30.5 Å². The van der Waals surface area contributed by atoms with Crippen LogP contribution >= 0.6 is 11.6 Å². The highest BCUT2D eigenvalue weighted by molar-refractivity contribution is 6.31. The molecule has 0 spiro atoms. The Morgan fingerprint density at radius 1 is 1.06 bits per heavy atom. The second kappa shape index (κ2) is 4.07. The van der Waals surface area contributed by atoms with Crippen LogP contribution in [0.3, 0.4) is 0 Å². The largest absolute Gasteiger partial charge is 0.236 e. The van der Waals surface area contributed by atoms with E-state index in [4.69, 9.17) is 11.6 Å². The van der Waals surface area contributed by atoms with Gasteiger partial charge >= 0.3 is 0 Å². The van der Waals surface area contributed by atoms with Gasteiger partial charge < -0.3 is 0 Å². The summed E-state index contributed by atoms with van der Waals surface area (Å²) in [7, 11) is 0. The standard InChI is InChI=1S/C13H11ClN4/c1-8-9(2)17-13(12(14)16-8)18-11-6-4-3-5-10(11)7-15-18/h3-7H,1-2H3. The third-order valence-electron chi connectivity index (χ3n) is 2.93. The third kappa shape index (κ3) is 1.66. The van der Waals surface area contributed by atoms with E-state index in [1.807, 2.05) is 38.1 Å². The summed E-state index contributed by atoms with van der Waals surface area (Å²) < 4.78 is 1.72. The van der Waals surface area contributed by atoms with Gasteiger partial charge in [0.25, 0.3) is 0 Å². The highest BCUT2D eigenvalue weighted by Gasteiger charge is 2.12. The van der Waals surface area contributed by atoms with Crippen molar-refractivity contribution in [2.75, 3.05) is 0 Å². The number of para-hydroxylation sites is 1. The molecule has 3 aromatic rings. The first kappa shape index (κ1) is 11.2. The van der Waals surface area contributed by atoms with Gasteiger partial charge in [-0.2, -0.15) is 5.10 Å². The summed E-state index contributed by atoms with van der Waals surface area (Å²) in [4.78, 5) is 8.75. The molecule has 0 saturated carbocycles. The molecule has 0 saturated heterocycles. The molecule has 0 bridgehead atoms. The smallest absolute Gasteiger partial charge is 0.192 e. The fourth-order valence-electron chi connectivity index (χ4n) is 1.84. The first-order valence-electron chi connectivity index (χ1n) is 5.60. The van der Waals surface area contributed by atoms with Crippen LogP contribution in [0.1, 0.15) is 11.4 Å². The topological polar surface area (TPSA) is 43.6 Å². The minimum Gasteiger partial charge on any atom is -0.236 e. The van der Waals surface area contributed by atoms with Gasteiger partial charge in [-0.1, -0.05) is 29.8 Å². The van der Waals surface area contributed by atoms with E-state index < -0.39 is 0 Å². The molecule has 3 rings (SSSR count). The predicted molar refractivity (Wildman–Crippen MR) is 71.1 cm³/mol. The summed E-state index contributed by atoms with van der Waals surface area (Å²) in [5.74, 6) is 0.570. The molecule has 0 unspecified atom stereocenters. The van der Waals surface area contributed by atoms with E-state index in [0.717, 1.165) is 22.3 Å². The van der Waals surface area contributed by atoms with Gasteiger partial charge in [0.05, 0.1) is 23.1 Å². The highest BCUT2D eigenvalue weighted by atomic mass is 35.5. The molecule has 0 amide bonds. The zero-order valence-electron chi connectivity index (χ0n) is 10.1. The lowest BCUT2D eigenvalue weighted by atomic mass is 10.2. The van der Waals surface area contributed by atoms with Crippen molar-refractivity contribution in [3.05, 3.63) is 47.0 Å². The molecule has 18 heavy (non-hydrogen) atoms. The summed E-state index contributed by atoms with van der Waals surface area (Å²) in [6.07, 6.45) is 1.79. The van der Waals surface area contributed by atoms with Crippen LogP contribution < -0.4 is 0 Å². The number of halogens is 1. The molecule has 1 aromatic carbocycles. The van der Waals surface area contributed by atoms with E-state index in [2.05, 4.69) is 15.1 Å². The minimum absolute atomic E-state index is 0.368. The van der Waals surface area contributed by atoms with E-state index in [1.54, 1.807) is 10.9 Å². The van der Waals surface area contributed by atoms with Gasteiger partial charge in [0, 0.05) is 5.39 Å². The molecule has 0 fully saturated rings. The summed E-state index contributed by atoms with van der Waals surface area (Å²) in [5.41, 5.74) is 2.66. The summed E-state index contributed by atoms with van der Waals surface area (Å²) in [6.45, 7) is 3.80. The number of hydrogen-bond donors (Lipinski definition) is 0. The lowest BCUT2D eigenvalue weighted by Crippen LogP contribution is -2.05. The Hall–Kier alpha value is -1.94. The summed E-state index contributed by atoms with van der Waals surface area (Å²) in [5, 5.41) is 5.74. The fourth-order valence-corrected chi connectivity index (χ4v) is 2.09. The van der Waals surface area contributed by atoms with Gasteiger partial charge in [-0.25, -0.2) is 14.6 Å². The molecule has 2 aromatic heterocycles. The number of benzene rings is 1. The van der Waals surface area contributed by atoms with Crippen molar-refractivity contribution in [3.8, 4) is 5.82 Å². The Bertz CT molecular complexity index is 733. The monoisotopic (exact) mass is 258 g/mol. The maximum Gasteiger partial charge on any atom is 0.192 e. The Labute approximate surface area is 109 Å². The van der Waals surface area contributed by atoms with Crippen LogP contribution in [-0.4, -0.2) is 19.7 Å². The summed E-state index contributed by atoms with van der Waals surface area (Å²) in [6, 6.07) is 7.92. The van der Waals surface area contributed by atoms with Gasteiger partial charge in [-0.15, -0.1) is 0 Å². The Kier molecular flexibility index (Phi) is 2.52. The second-order valence-corrected chi connectivity index (χ2v) is 4.48. The van der Waals surface area contributed by atoms with Crippen molar-refractivity contribution in [3.63, 3.8) is 0 Å². The van der Waals surface area contributed by atoms with Crippen LogP contribution in [0, 0.1) is 13.8 Å². The number of nitrogens with zero attached hydrogens (tertiary/aromatic N) is 4. The molecule has 90 valence electrons. The first-order chi connectivity index (χ1) is 8.66. The maximum absolute atomic E-state index is 6.16. The van der Waals surface area contributed by atoms with Gasteiger partial charge in [0.2, 0.25) is 0 Å². The molecule has 0 N–H and O–H groups in total. The van der Waals surface area contributed by atoms with Crippen molar-refractivity contribution in [2.45, 2.75) is 13.8 Å². The van der Waals surface area contributed by atoms with Crippen molar-refractivity contribution in [2.24, 2.45) is 0 Å². The van der Waals surface area contributed by atoms with Crippen LogP contribution in [-0.2, 0) is 0 Å². The second-order valence-electron chi connectivity index (χ2n) is 4.12. The first-order valence-corrected chi connectivity index (χ1v) is 5.98. The van der Waals surface area contributed by atoms with Crippen molar-refractivity contribution >= 4 is 22.5 Å². The lowest BCUT2D eigenvalue weighted by Gasteiger charge is -2.07. The highest BCUT2D eigenvalue weighted by Crippen LogP contribution is 2.22. The van der Waals surface area contributed by atoms with Gasteiger partial charge in [-0.3, -0.25) is 0 Å². The SMILES string of the molecule is Cc1nc(Cl)c(-n2ncc3ccccc32)nc1C. The van der Waals surface area contributed by atoms with Crippen LogP contribution in [0.4, 0.5) is 0 Å². The molecule has 2 heterocycles. The normalized spacial score (nSPS) is 11.1. The molecule has 0 atom stereocenters. The quantitative estimate of drug-likeness (QED) is 0.674. The average Bonchev–Trinajstić information content (AvgIpc) is 2.78. The molecule has 4 nitrogen and oxygen atoms in total. The van der Waals surface area contributed by atoms with Gasteiger partial charge in [0.1, 0.15) is 0 Å². The molecule has 0 aliphatic heterocycles. The molecular weight excluding hydrogens is 248 g/mol. The van der Waals surface area contributed by atoms with E-state index in [9.17, 15) is 0 Å². The number of aryl methyl sites for hydroxylation is 2. The molecular formula is C13H11ClN4.